The van der Waals surface area contributed by atoms with Gasteiger partial charge in [-0.05, 0) is 44.7 Å². The molecular formula is C24H27F2N7O2. The number of benzene rings is 1. The Balaban J connectivity index is 1.37. The lowest BCUT2D eigenvalue weighted by Crippen LogP contribution is -2.66. The second-order valence-electron chi connectivity index (χ2n) is 9.46. The Morgan fingerprint density at radius 1 is 1.23 bits per heavy atom. The van der Waals surface area contributed by atoms with Gasteiger partial charge in [-0.25, -0.2) is 18.7 Å². The van der Waals surface area contributed by atoms with Gasteiger partial charge in [0.05, 0.1) is 31.1 Å². The third kappa shape index (κ3) is 4.36. The number of fused-ring (bicyclic) bond motifs is 2. The smallest absolute Gasteiger partial charge is 0.316 e. The number of halogens is 2. The molecule has 5 rings (SSSR count). The number of anilines is 1. The number of phenols is 1. The van der Waals surface area contributed by atoms with Crippen molar-refractivity contribution in [3.8, 4) is 34.4 Å². The molecule has 2 fully saturated rings. The highest BCUT2D eigenvalue weighted by Gasteiger charge is 2.47. The molecule has 0 aliphatic carbocycles. The van der Waals surface area contributed by atoms with Crippen molar-refractivity contribution in [3.05, 3.63) is 36.4 Å². The zero-order chi connectivity index (χ0) is 24.7. The summed E-state index contributed by atoms with van der Waals surface area (Å²) in [4.78, 5) is 13.9. The second-order valence-corrected chi connectivity index (χ2v) is 9.46. The van der Waals surface area contributed by atoms with Crippen LogP contribution in [0.2, 0.25) is 0 Å². The maximum Gasteiger partial charge on any atom is 0.316 e. The van der Waals surface area contributed by atoms with E-state index in [0.717, 1.165) is 25.5 Å². The molecule has 11 heteroatoms. The van der Waals surface area contributed by atoms with Crippen LogP contribution in [0.15, 0.2) is 30.6 Å². The summed E-state index contributed by atoms with van der Waals surface area (Å²) in [6.45, 7) is 2.15. The van der Waals surface area contributed by atoms with E-state index >= 15 is 4.39 Å². The lowest BCUT2D eigenvalue weighted by Gasteiger charge is -2.51. The molecular weight excluding hydrogens is 456 g/mol. The Bertz CT molecular complexity index is 1230. The number of rotatable bonds is 5. The molecule has 1 aromatic carbocycles. The molecule has 9 nitrogen and oxygen atoms in total. The van der Waals surface area contributed by atoms with Crippen molar-refractivity contribution in [3.63, 3.8) is 0 Å². The maximum absolute atomic E-state index is 15.2. The van der Waals surface area contributed by atoms with E-state index in [4.69, 9.17) is 4.74 Å². The van der Waals surface area contributed by atoms with Gasteiger partial charge >= 0.3 is 6.01 Å². The van der Waals surface area contributed by atoms with E-state index in [1.165, 1.54) is 19.4 Å². The predicted molar refractivity (Wildman–Crippen MR) is 125 cm³/mol. The fraction of sp³-hybridized carbons (Fsp3) is 0.458. The van der Waals surface area contributed by atoms with E-state index < -0.39 is 12.0 Å². The molecule has 3 aromatic rings. The lowest BCUT2D eigenvalue weighted by molar-refractivity contribution is 0.0607. The van der Waals surface area contributed by atoms with E-state index in [-0.39, 0.29) is 40.9 Å². The van der Waals surface area contributed by atoms with E-state index in [0.29, 0.717) is 23.4 Å². The van der Waals surface area contributed by atoms with Crippen LogP contribution in [0.25, 0.3) is 22.6 Å². The number of hydrogen-bond donors (Lipinski definition) is 2. The average Bonchev–Trinajstić information content (AvgIpc) is 2.86. The number of methoxy groups -OCH3 is 1. The van der Waals surface area contributed by atoms with Gasteiger partial charge in [-0.2, -0.15) is 4.98 Å². The Morgan fingerprint density at radius 2 is 2.06 bits per heavy atom. The molecule has 2 aliphatic heterocycles. The summed E-state index contributed by atoms with van der Waals surface area (Å²) >= 11 is 0. The molecule has 4 atom stereocenters. The minimum atomic E-state index is -1.02. The van der Waals surface area contributed by atoms with Gasteiger partial charge in [-0.3, -0.25) is 0 Å². The minimum absolute atomic E-state index is 0.00377. The fourth-order valence-electron chi connectivity index (χ4n) is 5.14. The number of aromatic nitrogens is 5. The van der Waals surface area contributed by atoms with Crippen LogP contribution in [0.5, 0.6) is 11.8 Å². The van der Waals surface area contributed by atoms with Gasteiger partial charge in [-0.1, -0.05) is 6.07 Å². The summed E-state index contributed by atoms with van der Waals surface area (Å²) in [5.74, 6) is -0.162. The predicted octanol–water partition coefficient (Wildman–Crippen LogP) is 3.30. The molecule has 35 heavy (non-hydrogen) atoms. The number of piperidine rings is 2. The molecule has 0 saturated carbocycles. The van der Waals surface area contributed by atoms with Gasteiger partial charge in [0.2, 0.25) is 0 Å². The quantitative estimate of drug-likeness (QED) is 0.565. The van der Waals surface area contributed by atoms with Crippen LogP contribution in [-0.2, 0) is 0 Å². The molecule has 2 saturated heterocycles. The van der Waals surface area contributed by atoms with Crippen molar-refractivity contribution in [1.29, 1.82) is 0 Å². The number of nitrogens with one attached hydrogen (secondary N) is 1. The first-order valence-electron chi connectivity index (χ1n) is 11.5. The molecule has 184 valence electrons. The van der Waals surface area contributed by atoms with Crippen molar-refractivity contribution in [2.45, 2.75) is 56.4 Å². The zero-order valence-corrected chi connectivity index (χ0v) is 19.7. The summed E-state index contributed by atoms with van der Waals surface area (Å²) in [5, 5.41) is 22.5. The number of ether oxygens (including phenoxy) is 1. The van der Waals surface area contributed by atoms with Crippen LogP contribution in [0.3, 0.4) is 0 Å². The van der Waals surface area contributed by atoms with Crippen LogP contribution < -0.4 is 15.0 Å². The third-order valence-electron chi connectivity index (χ3n) is 7.01. The number of nitrogens with zero attached hydrogens (tertiary/aromatic N) is 6. The maximum atomic E-state index is 15.2. The summed E-state index contributed by atoms with van der Waals surface area (Å²) in [6.07, 6.45) is 5.05. The minimum Gasteiger partial charge on any atom is -0.507 e. The highest BCUT2D eigenvalue weighted by molar-refractivity contribution is 5.71. The summed E-state index contributed by atoms with van der Waals surface area (Å²) in [5.41, 5.74) is 0.569. The monoisotopic (exact) mass is 483 g/mol. The van der Waals surface area contributed by atoms with E-state index in [9.17, 15) is 9.50 Å². The topological polar surface area (TPSA) is 109 Å². The fourth-order valence-corrected chi connectivity index (χ4v) is 5.14. The molecule has 0 amide bonds. The van der Waals surface area contributed by atoms with Crippen LogP contribution >= 0.6 is 0 Å². The third-order valence-corrected chi connectivity index (χ3v) is 7.01. The van der Waals surface area contributed by atoms with Crippen LogP contribution in [-0.4, -0.2) is 68.2 Å². The van der Waals surface area contributed by atoms with Gasteiger partial charge in [0.25, 0.3) is 0 Å². The SMILES string of the molecule is COc1ncc(F)c(-c2ccc(-c3ncc(N(C)[C@H]4C[C@]5(C)CCC[C@@H](N5)[C@H]4F)nn3)c(O)c2)n1. The van der Waals surface area contributed by atoms with Crippen molar-refractivity contribution in [2.75, 3.05) is 19.1 Å². The van der Waals surface area contributed by atoms with Gasteiger partial charge in [0.1, 0.15) is 17.6 Å². The number of aromatic hydroxyl groups is 1. The summed E-state index contributed by atoms with van der Waals surface area (Å²) < 4.78 is 34.4. The van der Waals surface area contributed by atoms with Gasteiger partial charge < -0.3 is 20.1 Å². The summed E-state index contributed by atoms with van der Waals surface area (Å²) in [6, 6.07) is 4.04. The standard InChI is InChI=1S/C24H27F2N7O2/c1-24-8-4-5-16(30-24)20(26)17(10-24)33(2)19-12-27-22(32-31-19)14-7-6-13(9-18(14)34)21-15(25)11-28-23(29-21)35-3/h6-7,9,11-12,16-17,20,30,34H,4-5,8,10H2,1-3H3/t16-,17+,20-,24+/m1/s1. The molecule has 0 unspecified atom stereocenters. The number of phenolic OH excluding ortho intramolecular Hbond substituents is 1. The highest BCUT2D eigenvalue weighted by atomic mass is 19.1. The lowest BCUT2D eigenvalue weighted by atomic mass is 9.74. The van der Waals surface area contributed by atoms with Crippen LogP contribution in [0.1, 0.15) is 32.6 Å². The zero-order valence-electron chi connectivity index (χ0n) is 19.7. The van der Waals surface area contributed by atoms with Crippen LogP contribution in [0.4, 0.5) is 14.6 Å². The number of hydrogen-bond acceptors (Lipinski definition) is 9. The molecule has 2 aromatic heterocycles. The molecule has 2 N–H and O–H groups in total. The van der Waals surface area contributed by atoms with E-state index in [2.05, 4.69) is 37.4 Å². The molecule has 0 radical (unpaired) electrons. The Hall–Kier alpha value is -3.47. The van der Waals surface area contributed by atoms with Gasteiger partial charge in [0, 0.05) is 24.2 Å². The van der Waals surface area contributed by atoms with Gasteiger partial charge in [-0.15, -0.1) is 10.2 Å². The van der Waals surface area contributed by atoms with Crippen molar-refractivity contribution < 1.29 is 18.6 Å². The highest BCUT2D eigenvalue weighted by Crippen LogP contribution is 2.38. The first kappa shape index (κ1) is 23.3. The second kappa shape index (κ2) is 8.95. The number of alkyl halides is 1. The van der Waals surface area contributed by atoms with E-state index in [1.54, 1.807) is 17.0 Å². The Morgan fingerprint density at radius 3 is 2.77 bits per heavy atom. The molecule has 0 spiro atoms. The Kier molecular flexibility index (Phi) is 5.96. The first-order valence-corrected chi connectivity index (χ1v) is 11.5. The normalized spacial score (nSPS) is 25.8. The van der Waals surface area contributed by atoms with Crippen molar-refractivity contribution in [1.82, 2.24) is 30.5 Å². The molecule has 4 heterocycles. The van der Waals surface area contributed by atoms with Crippen molar-refractivity contribution >= 4 is 5.82 Å². The molecule has 2 aliphatic rings. The van der Waals surface area contributed by atoms with Crippen LogP contribution in [0, 0.1) is 5.82 Å². The van der Waals surface area contributed by atoms with E-state index in [1.807, 2.05) is 7.05 Å². The van der Waals surface area contributed by atoms with Crippen molar-refractivity contribution in [2.24, 2.45) is 0 Å². The van der Waals surface area contributed by atoms with Gasteiger partial charge in [0.15, 0.2) is 17.5 Å². The average molecular weight is 484 g/mol. The largest absolute Gasteiger partial charge is 0.507 e. The molecule has 2 bridgehead atoms. The Labute approximate surface area is 201 Å². The summed E-state index contributed by atoms with van der Waals surface area (Å²) in [7, 11) is 3.19. The first-order chi connectivity index (χ1) is 16.8.